The Labute approximate surface area is 216 Å². The maximum Gasteiger partial charge on any atom is 0.261 e. The normalized spacial score (nSPS) is 18.5. The number of nitrogens with one attached hydrogen (secondary N) is 1. The van der Waals surface area contributed by atoms with E-state index in [9.17, 15) is 4.79 Å². The minimum atomic E-state index is -0.296. The zero-order valence-electron chi connectivity index (χ0n) is 22.1. The van der Waals surface area contributed by atoms with Gasteiger partial charge in [0.2, 0.25) is 0 Å². The SMILES string of the molecule is CC(C)Oc1cc2nn(C)cc2cc1NC(=O)c1cnn2cc(N3CC4CC3CO4)cnc12.CCCC. The molecule has 0 aliphatic carbocycles. The molecule has 0 radical (unpaired) electrons. The third-order valence-electron chi connectivity index (χ3n) is 6.65. The molecule has 3 aromatic heterocycles. The molecule has 2 aliphatic heterocycles. The first-order valence-corrected chi connectivity index (χ1v) is 13.0. The fourth-order valence-electron chi connectivity index (χ4n) is 4.70. The number of hydrogen-bond donors (Lipinski definition) is 1. The fourth-order valence-corrected chi connectivity index (χ4v) is 4.70. The number of ether oxygens (including phenoxy) is 2. The Morgan fingerprint density at radius 1 is 1.22 bits per heavy atom. The molecule has 37 heavy (non-hydrogen) atoms. The Morgan fingerprint density at radius 2 is 2.03 bits per heavy atom. The zero-order chi connectivity index (χ0) is 26.1. The quantitative estimate of drug-likeness (QED) is 0.414. The lowest BCUT2D eigenvalue weighted by Crippen LogP contribution is -2.37. The van der Waals surface area contributed by atoms with Crippen molar-refractivity contribution in [3.63, 3.8) is 0 Å². The van der Waals surface area contributed by atoms with Crippen molar-refractivity contribution in [3.05, 3.63) is 42.5 Å². The van der Waals surface area contributed by atoms with Gasteiger partial charge in [0.1, 0.15) is 11.3 Å². The second-order valence-corrected chi connectivity index (χ2v) is 9.97. The number of morpholine rings is 1. The first kappa shape index (κ1) is 25.0. The highest BCUT2D eigenvalue weighted by molar-refractivity contribution is 6.09. The third-order valence-corrected chi connectivity index (χ3v) is 6.65. The Hall–Kier alpha value is -3.66. The van der Waals surface area contributed by atoms with Crippen molar-refractivity contribution in [1.82, 2.24) is 24.4 Å². The highest BCUT2D eigenvalue weighted by atomic mass is 16.5. The summed E-state index contributed by atoms with van der Waals surface area (Å²) in [4.78, 5) is 20.1. The molecule has 6 rings (SSSR count). The molecular formula is C27H35N7O3. The molecule has 2 atom stereocenters. The van der Waals surface area contributed by atoms with Gasteiger partial charge >= 0.3 is 0 Å². The van der Waals surface area contributed by atoms with Gasteiger partial charge < -0.3 is 19.7 Å². The van der Waals surface area contributed by atoms with Crippen LogP contribution < -0.4 is 15.0 Å². The van der Waals surface area contributed by atoms with Crippen LogP contribution in [0.1, 0.15) is 57.3 Å². The maximum absolute atomic E-state index is 13.2. The number of aryl methyl sites for hydroxylation is 1. The van der Waals surface area contributed by atoms with E-state index in [4.69, 9.17) is 9.47 Å². The predicted molar refractivity (Wildman–Crippen MR) is 143 cm³/mol. The van der Waals surface area contributed by atoms with Gasteiger partial charge in [0.05, 0.1) is 60.3 Å². The van der Waals surface area contributed by atoms with Crippen LogP contribution in [-0.4, -0.2) is 61.7 Å². The lowest BCUT2D eigenvalue weighted by atomic mass is 10.2. The smallest absolute Gasteiger partial charge is 0.261 e. The van der Waals surface area contributed by atoms with E-state index in [0.717, 1.165) is 36.2 Å². The summed E-state index contributed by atoms with van der Waals surface area (Å²) in [6.45, 7) is 9.86. The third kappa shape index (κ3) is 5.11. The van der Waals surface area contributed by atoms with Gasteiger partial charge in [-0.3, -0.25) is 9.48 Å². The van der Waals surface area contributed by atoms with Gasteiger partial charge in [-0.15, -0.1) is 0 Å². The van der Waals surface area contributed by atoms with E-state index in [1.807, 2.05) is 51.6 Å². The van der Waals surface area contributed by atoms with Gasteiger partial charge in [-0.1, -0.05) is 26.7 Å². The van der Waals surface area contributed by atoms with E-state index in [1.165, 1.54) is 12.8 Å². The minimum Gasteiger partial charge on any atom is -0.489 e. The highest BCUT2D eigenvalue weighted by Gasteiger charge is 2.39. The van der Waals surface area contributed by atoms with Gasteiger partial charge in [0.25, 0.3) is 5.91 Å². The summed E-state index contributed by atoms with van der Waals surface area (Å²) in [7, 11) is 1.86. The van der Waals surface area contributed by atoms with E-state index in [-0.39, 0.29) is 12.0 Å². The average Bonchev–Trinajstić information content (AvgIpc) is 3.66. The summed E-state index contributed by atoms with van der Waals surface area (Å²) in [5.74, 6) is 0.276. The monoisotopic (exact) mass is 505 g/mol. The van der Waals surface area contributed by atoms with Gasteiger partial charge in [-0.25, -0.2) is 9.50 Å². The fraction of sp³-hybridized carbons (Fsp3) is 0.481. The second-order valence-electron chi connectivity index (χ2n) is 9.97. The van der Waals surface area contributed by atoms with E-state index in [1.54, 1.807) is 15.4 Å². The number of anilines is 2. The molecule has 10 nitrogen and oxygen atoms in total. The van der Waals surface area contributed by atoms with Crippen LogP contribution in [0.15, 0.2) is 36.9 Å². The summed E-state index contributed by atoms with van der Waals surface area (Å²) in [6.07, 6.45) is 11.1. The molecule has 0 spiro atoms. The first-order valence-electron chi connectivity index (χ1n) is 13.0. The largest absolute Gasteiger partial charge is 0.489 e. The van der Waals surface area contributed by atoms with Crippen molar-refractivity contribution in [1.29, 1.82) is 0 Å². The molecule has 0 saturated carbocycles. The number of nitrogens with zero attached hydrogens (tertiary/aromatic N) is 6. The number of benzene rings is 1. The van der Waals surface area contributed by atoms with Crippen LogP contribution in [0, 0.1) is 0 Å². The van der Waals surface area contributed by atoms with Gasteiger partial charge in [-0.2, -0.15) is 10.2 Å². The standard InChI is InChI=1S/C23H25N7O3.C4H10/c1-13(2)33-21-6-19-14(9-28(3)27-19)4-20(21)26-23(31)18-8-25-30-10-16(7-24-22(18)30)29-11-17-5-15(29)12-32-17;1-3-4-2/h4,6-10,13,15,17H,5,11-12H2,1-3H3,(H,26,31);3-4H2,1-2H3. The number of fused-ring (bicyclic) bond motifs is 4. The Morgan fingerprint density at radius 3 is 2.70 bits per heavy atom. The zero-order valence-corrected chi connectivity index (χ0v) is 22.1. The van der Waals surface area contributed by atoms with Crippen molar-refractivity contribution < 1.29 is 14.3 Å². The van der Waals surface area contributed by atoms with Crippen LogP contribution in [0.5, 0.6) is 5.75 Å². The Kier molecular flexibility index (Phi) is 7.01. The summed E-state index contributed by atoms with van der Waals surface area (Å²) in [6, 6.07) is 4.10. The van der Waals surface area contributed by atoms with Crippen LogP contribution in [0.3, 0.4) is 0 Å². The molecule has 1 amide bonds. The summed E-state index contributed by atoms with van der Waals surface area (Å²) < 4.78 is 15.0. The van der Waals surface area contributed by atoms with Crippen molar-refractivity contribution in [3.8, 4) is 5.75 Å². The van der Waals surface area contributed by atoms with Crippen LogP contribution in [-0.2, 0) is 11.8 Å². The van der Waals surface area contributed by atoms with Crippen molar-refractivity contribution in [2.24, 2.45) is 7.05 Å². The molecule has 2 unspecified atom stereocenters. The van der Waals surface area contributed by atoms with Crippen LogP contribution in [0.2, 0.25) is 0 Å². The summed E-state index contributed by atoms with van der Waals surface area (Å²) in [5.41, 5.74) is 3.28. The minimum absolute atomic E-state index is 0.0508. The first-order chi connectivity index (χ1) is 17.9. The number of carbonyl (C=O) groups excluding carboxylic acids is 1. The van der Waals surface area contributed by atoms with E-state index < -0.39 is 0 Å². The average molecular weight is 506 g/mol. The van der Waals surface area contributed by atoms with Crippen LogP contribution in [0.25, 0.3) is 16.6 Å². The molecular weight excluding hydrogens is 470 g/mol. The Balaban J connectivity index is 0.000000655. The number of carbonyl (C=O) groups is 1. The molecule has 1 aromatic carbocycles. The molecule has 2 saturated heterocycles. The number of amides is 1. The summed E-state index contributed by atoms with van der Waals surface area (Å²) in [5, 5.41) is 12.7. The molecule has 2 fully saturated rings. The molecule has 2 bridgehead atoms. The molecule has 4 aromatic rings. The van der Waals surface area contributed by atoms with Crippen molar-refractivity contribution >= 4 is 33.8 Å². The molecule has 196 valence electrons. The van der Waals surface area contributed by atoms with Crippen LogP contribution >= 0.6 is 0 Å². The van der Waals surface area contributed by atoms with Crippen LogP contribution in [0.4, 0.5) is 11.4 Å². The Bertz CT molecular complexity index is 1410. The lowest BCUT2D eigenvalue weighted by Gasteiger charge is -2.28. The van der Waals surface area contributed by atoms with Crippen molar-refractivity contribution in [2.45, 2.75) is 65.2 Å². The molecule has 5 heterocycles. The number of aromatic nitrogens is 5. The topological polar surface area (TPSA) is 98.8 Å². The van der Waals surface area contributed by atoms with Gasteiger partial charge in [0.15, 0.2) is 5.65 Å². The highest BCUT2D eigenvalue weighted by Crippen LogP contribution is 2.33. The molecule has 1 N–H and O–H groups in total. The molecule has 10 heteroatoms. The lowest BCUT2D eigenvalue weighted by molar-refractivity contribution is 0.0991. The van der Waals surface area contributed by atoms with E-state index in [2.05, 4.69) is 39.2 Å². The predicted octanol–water partition coefficient (Wildman–Crippen LogP) is 4.44. The number of rotatable bonds is 6. The second kappa shape index (κ2) is 10.4. The van der Waals surface area contributed by atoms with E-state index in [0.29, 0.717) is 34.8 Å². The number of unbranched alkanes of at least 4 members (excludes halogenated alkanes) is 1. The maximum atomic E-state index is 13.2. The number of hydrogen-bond acceptors (Lipinski definition) is 7. The van der Waals surface area contributed by atoms with E-state index >= 15 is 0 Å². The molecule has 2 aliphatic rings. The summed E-state index contributed by atoms with van der Waals surface area (Å²) >= 11 is 0. The van der Waals surface area contributed by atoms with Gasteiger partial charge in [0, 0.05) is 31.2 Å². The van der Waals surface area contributed by atoms with Crippen molar-refractivity contribution in [2.75, 3.05) is 23.4 Å². The van der Waals surface area contributed by atoms with Gasteiger partial charge in [-0.05, 0) is 26.3 Å².